The van der Waals surface area contributed by atoms with Crippen molar-refractivity contribution in [2.24, 2.45) is 4.99 Å². The zero-order valence-corrected chi connectivity index (χ0v) is 16.9. The number of benzene rings is 1. The predicted octanol–water partition coefficient (Wildman–Crippen LogP) is 2.02. The Bertz CT molecular complexity index is 858. The number of nitrogens with zero attached hydrogens (tertiary/aromatic N) is 4. The van der Waals surface area contributed by atoms with Crippen molar-refractivity contribution in [2.75, 3.05) is 51.1 Å². The minimum Gasteiger partial charge on any atom is -0.459 e. The van der Waals surface area contributed by atoms with Crippen LogP contribution in [0.15, 0.2) is 52.1 Å². The van der Waals surface area contributed by atoms with E-state index < -0.39 is 4.92 Å². The first-order valence-corrected chi connectivity index (χ1v) is 9.93. The third kappa shape index (κ3) is 5.49. The van der Waals surface area contributed by atoms with Crippen molar-refractivity contribution in [3.8, 4) is 0 Å². The summed E-state index contributed by atoms with van der Waals surface area (Å²) in [5.74, 6) is 1.09. The van der Waals surface area contributed by atoms with Crippen LogP contribution in [-0.4, -0.2) is 72.4 Å². The summed E-state index contributed by atoms with van der Waals surface area (Å²) in [4.78, 5) is 31.3. The standard InChI is InChI=1S/C20H26N6O4/c1-2-21-20(23-10-9-22-16-5-7-17(8-6-16)26(28)29)25-13-11-24(12-14-25)19(27)18-4-3-15-30-18/h3-8,15,22H,2,9-14H2,1H3,(H,21,23). The molecule has 30 heavy (non-hydrogen) atoms. The molecule has 1 saturated heterocycles. The topological polar surface area (TPSA) is 116 Å². The van der Waals surface area contributed by atoms with Gasteiger partial charge in [0.15, 0.2) is 11.7 Å². The van der Waals surface area contributed by atoms with Gasteiger partial charge in [-0.1, -0.05) is 0 Å². The van der Waals surface area contributed by atoms with Gasteiger partial charge in [-0.05, 0) is 31.2 Å². The number of piperazine rings is 1. The molecule has 0 bridgehead atoms. The van der Waals surface area contributed by atoms with Crippen LogP contribution in [0.1, 0.15) is 17.5 Å². The zero-order chi connectivity index (χ0) is 21.3. The van der Waals surface area contributed by atoms with Crippen LogP contribution in [0.2, 0.25) is 0 Å². The number of hydrogen-bond acceptors (Lipinski definition) is 6. The number of rotatable bonds is 7. The first-order valence-electron chi connectivity index (χ1n) is 9.93. The largest absolute Gasteiger partial charge is 0.459 e. The van der Waals surface area contributed by atoms with Gasteiger partial charge >= 0.3 is 0 Å². The van der Waals surface area contributed by atoms with Crippen molar-refractivity contribution >= 4 is 23.2 Å². The van der Waals surface area contributed by atoms with E-state index in [2.05, 4.69) is 20.5 Å². The second-order valence-corrected chi connectivity index (χ2v) is 6.72. The zero-order valence-electron chi connectivity index (χ0n) is 16.9. The van der Waals surface area contributed by atoms with Crippen molar-refractivity contribution in [1.29, 1.82) is 0 Å². The molecule has 1 fully saturated rings. The van der Waals surface area contributed by atoms with Gasteiger partial charge in [0.05, 0.1) is 17.7 Å². The van der Waals surface area contributed by atoms with E-state index in [0.717, 1.165) is 18.2 Å². The number of furan rings is 1. The van der Waals surface area contributed by atoms with Gasteiger partial charge in [0, 0.05) is 57.1 Å². The fourth-order valence-corrected chi connectivity index (χ4v) is 3.17. The summed E-state index contributed by atoms with van der Waals surface area (Å²) < 4.78 is 5.20. The fourth-order valence-electron chi connectivity index (χ4n) is 3.17. The molecule has 0 spiro atoms. The Hall–Kier alpha value is -3.56. The molecule has 10 nitrogen and oxygen atoms in total. The highest BCUT2D eigenvalue weighted by Gasteiger charge is 2.25. The van der Waals surface area contributed by atoms with E-state index in [1.165, 1.54) is 18.4 Å². The molecule has 0 atom stereocenters. The van der Waals surface area contributed by atoms with Crippen LogP contribution in [-0.2, 0) is 0 Å². The number of nitrogens with one attached hydrogen (secondary N) is 2. The SMILES string of the molecule is CCNC(=NCCNc1ccc([N+](=O)[O-])cc1)N1CCN(C(=O)c2ccco2)CC1. The van der Waals surface area contributed by atoms with Gasteiger partial charge < -0.3 is 24.9 Å². The van der Waals surface area contributed by atoms with E-state index in [4.69, 9.17) is 4.42 Å². The Labute approximate surface area is 174 Å². The first kappa shape index (κ1) is 21.2. The van der Waals surface area contributed by atoms with Crippen LogP contribution in [0.5, 0.6) is 0 Å². The molecule has 1 amide bonds. The highest BCUT2D eigenvalue weighted by atomic mass is 16.6. The van der Waals surface area contributed by atoms with Crippen molar-refractivity contribution in [2.45, 2.75) is 6.92 Å². The number of guanidine groups is 1. The second kappa shape index (κ2) is 10.3. The third-order valence-electron chi connectivity index (χ3n) is 4.71. The Morgan fingerprint density at radius 3 is 2.47 bits per heavy atom. The molecule has 0 saturated carbocycles. The van der Waals surface area contributed by atoms with E-state index in [0.29, 0.717) is 45.0 Å². The lowest BCUT2D eigenvalue weighted by Gasteiger charge is -2.36. The smallest absolute Gasteiger partial charge is 0.289 e. The molecule has 2 N–H and O–H groups in total. The number of carbonyl (C=O) groups excluding carboxylic acids is 1. The van der Waals surface area contributed by atoms with Crippen LogP contribution in [0.3, 0.4) is 0 Å². The summed E-state index contributed by atoms with van der Waals surface area (Å²) in [6, 6.07) is 9.70. The van der Waals surface area contributed by atoms with E-state index in [1.54, 1.807) is 29.2 Å². The summed E-state index contributed by atoms with van der Waals surface area (Å²) in [7, 11) is 0. The van der Waals surface area contributed by atoms with E-state index in [1.807, 2.05) is 6.92 Å². The molecule has 1 aromatic heterocycles. The maximum atomic E-state index is 12.4. The van der Waals surface area contributed by atoms with Gasteiger partial charge in [-0.2, -0.15) is 0 Å². The van der Waals surface area contributed by atoms with Gasteiger partial charge in [-0.25, -0.2) is 0 Å². The monoisotopic (exact) mass is 414 g/mol. The normalized spacial score (nSPS) is 14.5. The van der Waals surface area contributed by atoms with Crippen molar-refractivity contribution in [1.82, 2.24) is 15.1 Å². The lowest BCUT2D eigenvalue weighted by atomic mass is 10.3. The van der Waals surface area contributed by atoms with Crippen molar-refractivity contribution in [3.05, 3.63) is 58.5 Å². The quantitative estimate of drug-likeness (QED) is 0.234. The van der Waals surface area contributed by atoms with Crippen LogP contribution >= 0.6 is 0 Å². The molecule has 3 rings (SSSR count). The van der Waals surface area contributed by atoms with Gasteiger partial charge in [0.25, 0.3) is 11.6 Å². The van der Waals surface area contributed by atoms with Crippen molar-refractivity contribution in [3.63, 3.8) is 0 Å². The van der Waals surface area contributed by atoms with Gasteiger partial charge in [-0.3, -0.25) is 19.9 Å². The summed E-state index contributed by atoms with van der Waals surface area (Å²) in [5, 5.41) is 17.2. The summed E-state index contributed by atoms with van der Waals surface area (Å²) >= 11 is 0. The molecule has 2 aromatic rings. The summed E-state index contributed by atoms with van der Waals surface area (Å²) in [6.07, 6.45) is 1.50. The van der Waals surface area contributed by atoms with Crippen LogP contribution < -0.4 is 10.6 Å². The maximum absolute atomic E-state index is 12.4. The highest BCUT2D eigenvalue weighted by Crippen LogP contribution is 2.15. The molecular formula is C20H26N6O4. The number of amides is 1. The highest BCUT2D eigenvalue weighted by molar-refractivity contribution is 5.91. The number of anilines is 1. The third-order valence-corrected chi connectivity index (χ3v) is 4.71. The van der Waals surface area contributed by atoms with Crippen LogP contribution in [0, 0.1) is 10.1 Å². The Morgan fingerprint density at radius 1 is 1.17 bits per heavy atom. The molecule has 160 valence electrons. The molecule has 0 unspecified atom stereocenters. The molecule has 10 heteroatoms. The second-order valence-electron chi connectivity index (χ2n) is 6.72. The van der Waals surface area contributed by atoms with Crippen LogP contribution in [0.25, 0.3) is 0 Å². The molecular weight excluding hydrogens is 388 g/mol. The number of aliphatic imine (C=N–C) groups is 1. The van der Waals surface area contributed by atoms with Gasteiger partial charge in [0.1, 0.15) is 0 Å². The fraction of sp³-hybridized carbons (Fsp3) is 0.400. The number of nitro groups is 1. The van der Waals surface area contributed by atoms with Gasteiger partial charge in [0.2, 0.25) is 0 Å². The Kier molecular flexibility index (Phi) is 7.25. The van der Waals surface area contributed by atoms with E-state index >= 15 is 0 Å². The Morgan fingerprint density at radius 2 is 1.87 bits per heavy atom. The van der Waals surface area contributed by atoms with E-state index in [9.17, 15) is 14.9 Å². The molecule has 0 radical (unpaired) electrons. The Balaban J connectivity index is 1.48. The van der Waals surface area contributed by atoms with Crippen LogP contribution in [0.4, 0.5) is 11.4 Å². The average Bonchev–Trinajstić information content (AvgIpc) is 3.31. The molecule has 2 heterocycles. The van der Waals surface area contributed by atoms with Crippen molar-refractivity contribution < 1.29 is 14.1 Å². The number of non-ortho nitro benzene ring substituents is 1. The van der Waals surface area contributed by atoms with E-state index in [-0.39, 0.29) is 11.6 Å². The lowest BCUT2D eigenvalue weighted by Crippen LogP contribution is -2.53. The number of hydrogen-bond donors (Lipinski definition) is 2. The molecule has 1 aromatic carbocycles. The van der Waals surface area contributed by atoms with Gasteiger partial charge in [-0.15, -0.1) is 0 Å². The summed E-state index contributed by atoms with van der Waals surface area (Å²) in [6.45, 7) is 6.49. The molecule has 0 aliphatic carbocycles. The lowest BCUT2D eigenvalue weighted by molar-refractivity contribution is -0.384. The number of carbonyl (C=O) groups is 1. The maximum Gasteiger partial charge on any atom is 0.289 e. The number of nitro benzene ring substituents is 1. The molecule has 1 aliphatic heterocycles. The average molecular weight is 414 g/mol. The minimum absolute atomic E-state index is 0.0673. The molecule has 1 aliphatic rings. The predicted molar refractivity (Wildman–Crippen MR) is 114 cm³/mol. The minimum atomic E-state index is -0.418. The summed E-state index contributed by atoms with van der Waals surface area (Å²) in [5.41, 5.74) is 0.878. The first-order chi connectivity index (χ1) is 14.6.